The van der Waals surface area contributed by atoms with E-state index >= 15 is 0 Å². The minimum Gasteiger partial charge on any atom is -0.308 e. The van der Waals surface area contributed by atoms with Crippen LogP contribution in [0.3, 0.4) is 0 Å². The molecule has 0 unspecified atom stereocenters. The molecule has 1 aromatic heterocycles. The Labute approximate surface area is 112 Å². The molecule has 0 bridgehead atoms. The highest BCUT2D eigenvalue weighted by Gasteiger charge is 2.11. The summed E-state index contributed by atoms with van der Waals surface area (Å²) in [6, 6.07) is 10.1. The van der Waals surface area contributed by atoms with Gasteiger partial charge in [0, 0.05) is 28.1 Å². The van der Waals surface area contributed by atoms with Crippen LogP contribution in [0.5, 0.6) is 0 Å². The van der Waals surface area contributed by atoms with Crippen LogP contribution in [0.25, 0.3) is 28.1 Å². The summed E-state index contributed by atoms with van der Waals surface area (Å²) in [5.41, 5.74) is 1.28. The van der Waals surface area contributed by atoms with Gasteiger partial charge in [0.25, 0.3) is 5.56 Å². The van der Waals surface area contributed by atoms with Crippen LogP contribution in [-0.4, -0.2) is 4.57 Å². The monoisotopic (exact) mass is 251 g/mol. The summed E-state index contributed by atoms with van der Waals surface area (Å²) in [5.74, 6) is 0. The molecule has 0 spiro atoms. The van der Waals surface area contributed by atoms with Crippen LogP contribution in [0.2, 0.25) is 0 Å². The normalized spacial score (nSPS) is 11.5. The molecule has 0 amide bonds. The van der Waals surface area contributed by atoms with E-state index in [0.717, 1.165) is 39.9 Å². The Kier molecular flexibility index (Phi) is 2.67. The molecule has 19 heavy (non-hydrogen) atoms. The van der Waals surface area contributed by atoms with Crippen molar-refractivity contribution in [3.8, 4) is 0 Å². The van der Waals surface area contributed by atoms with Crippen molar-refractivity contribution in [2.24, 2.45) is 0 Å². The predicted octanol–water partition coefficient (Wildman–Crippen LogP) is 3.00. The second kappa shape index (κ2) is 4.23. The summed E-state index contributed by atoms with van der Waals surface area (Å²) >= 11 is 0. The van der Waals surface area contributed by atoms with Gasteiger partial charge in [0.05, 0.1) is 0 Å². The number of aryl methyl sites for hydroxylation is 1. The van der Waals surface area contributed by atoms with Crippen molar-refractivity contribution in [2.75, 3.05) is 0 Å². The van der Waals surface area contributed by atoms with Gasteiger partial charge in [-0.1, -0.05) is 37.8 Å². The number of aromatic nitrogens is 1. The van der Waals surface area contributed by atoms with Gasteiger partial charge in [-0.25, -0.2) is 0 Å². The lowest BCUT2D eigenvalue weighted by Gasteiger charge is -2.13. The predicted molar refractivity (Wildman–Crippen MR) is 81.5 cm³/mol. The Morgan fingerprint density at radius 1 is 1.11 bits per heavy atom. The molecule has 0 N–H and O–H groups in total. The maximum Gasteiger partial charge on any atom is 0.258 e. The van der Waals surface area contributed by atoms with Crippen molar-refractivity contribution in [1.82, 2.24) is 4.57 Å². The van der Waals surface area contributed by atoms with E-state index in [-0.39, 0.29) is 5.56 Å². The van der Waals surface area contributed by atoms with Gasteiger partial charge >= 0.3 is 0 Å². The van der Waals surface area contributed by atoms with E-state index in [1.807, 2.05) is 12.1 Å². The summed E-state index contributed by atoms with van der Waals surface area (Å²) in [5, 5.41) is 4.93. The largest absolute Gasteiger partial charge is 0.308 e. The zero-order valence-corrected chi connectivity index (χ0v) is 11.4. The fraction of sp³-hybridized carbons (Fsp3) is 0.235. The highest BCUT2D eigenvalue weighted by atomic mass is 16.1. The molecule has 0 radical (unpaired) electrons. The van der Waals surface area contributed by atoms with Crippen LogP contribution in [-0.2, 0) is 6.54 Å². The molecule has 2 aromatic carbocycles. The second-order valence-electron chi connectivity index (χ2n) is 5.06. The van der Waals surface area contributed by atoms with Gasteiger partial charge in [0.15, 0.2) is 0 Å². The molecule has 96 valence electrons. The summed E-state index contributed by atoms with van der Waals surface area (Å²) in [7, 11) is 0. The minimum absolute atomic E-state index is 0.0792. The van der Waals surface area contributed by atoms with Gasteiger partial charge < -0.3 is 4.57 Å². The first-order chi connectivity index (χ1) is 9.15. The number of pyridine rings is 1. The Hall–Kier alpha value is -2.09. The van der Waals surface area contributed by atoms with Crippen LogP contribution in [0, 0.1) is 6.92 Å². The van der Waals surface area contributed by atoms with Gasteiger partial charge in [-0.3, -0.25) is 4.79 Å². The Balaban J connectivity index is 2.65. The third-order valence-electron chi connectivity index (χ3n) is 3.82. The molecule has 2 heteroatoms. The molecule has 0 atom stereocenters. The molecule has 3 rings (SSSR count). The molecule has 0 saturated carbocycles. The first-order valence-corrected chi connectivity index (χ1v) is 6.68. The molecular weight excluding hydrogens is 234 g/mol. The van der Waals surface area contributed by atoms with Crippen molar-refractivity contribution in [2.45, 2.75) is 26.8 Å². The molecular formula is C17H17NO. The van der Waals surface area contributed by atoms with Crippen molar-refractivity contribution in [3.63, 3.8) is 0 Å². The number of rotatable bonds is 2. The third kappa shape index (κ3) is 1.60. The Morgan fingerprint density at radius 3 is 2.58 bits per heavy atom. The molecule has 0 saturated heterocycles. The Bertz CT molecular complexity index is 841. The average Bonchev–Trinajstić information content (AvgIpc) is 2.42. The molecule has 0 aliphatic rings. The first-order valence-electron chi connectivity index (χ1n) is 6.68. The lowest BCUT2D eigenvalue weighted by Crippen LogP contribution is -2.33. The zero-order valence-electron chi connectivity index (χ0n) is 11.4. The molecule has 3 aromatic rings. The van der Waals surface area contributed by atoms with Gasteiger partial charge in [0.1, 0.15) is 0 Å². The van der Waals surface area contributed by atoms with Crippen molar-refractivity contribution < 1.29 is 0 Å². The van der Waals surface area contributed by atoms with Crippen LogP contribution in [0.1, 0.15) is 18.9 Å². The van der Waals surface area contributed by atoms with Gasteiger partial charge in [-0.2, -0.15) is 0 Å². The van der Waals surface area contributed by atoms with E-state index in [1.54, 1.807) is 4.57 Å². The quantitative estimate of drug-likeness (QED) is 0.686. The van der Waals surface area contributed by atoms with E-state index in [1.165, 1.54) is 5.56 Å². The Morgan fingerprint density at radius 2 is 1.84 bits per heavy atom. The van der Waals surface area contributed by atoms with E-state index in [9.17, 15) is 4.79 Å². The van der Waals surface area contributed by atoms with Crippen molar-refractivity contribution >= 4 is 28.1 Å². The SMILES string of the molecule is C=c1c2ccc(C)c3cccc(c(=O)n1CCC)c32. The molecule has 2 nitrogen and oxygen atoms in total. The summed E-state index contributed by atoms with van der Waals surface area (Å²) < 4.78 is 1.80. The minimum atomic E-state index is 0.0792. The average molecular weight is 251 g/mol. The van der Waals surface area contributed by atoms with Crippen LogP contribution >= 0.6 is 0 Å². The highest BCUT2D eigenvalue weighted by molar-refractivity contribution is 6.10. The highest BCUT2D eigenvalue weighted by Crippen LogP contribution is 2.25. The fourth-order valence-corrected chi connectivity index (χ4v) is 2.84. The molecule has 0 aliphatic heterocycles. The maximum absolute atomic E-state index is 12.6. The van der Waals surface area contributed by atoms with Crippen LogP contribution < -0.4 is 10.9 Å². The lowest BCUT2D eigenvalue weighted by atomic mass is 9.98. The van der Waals surface area contributed by atoms with Crippen LogP contribution in [0.15, 0.2) is 35.1 Å². The maximum atomic E-state index is 12.6. The summed E-state index contributed by atoms with van der Waals surface area (Å²) in [4.78, 5) is 12.6. The van der Waals surface area contributed by atoms with Gasteiger partial charge in [-0.15, -0.1) is 0 Å². The smallest absolute Gasteiger partial charge is 0.258 e. The second-order valence-corrected chi connectivity index (χ2v) is 5.06. The standard InChI is InChI=1S/C17H17NO/c1-4-10-18-12(3)14-9-8-11(2)13-6-5-7-15(16(13)14)17(18)19/h5-9H,3-4,10H2,1-2H3. The van der Waals surface area contributed by atoms with E-state index in [0.29, 0.717) is 0 Å². The van der Waals surface area contributed by atoms with E-state index < -0.39 is 0 Å². The molecule has 0 fully saturated rings. The van der Waals surface area contributed by atoms with E-state index in [4.69, 9.17) is 0 Å². The van der Waals surface area contributed by atoms with E-state index in [2.05, 4.69) is 38.6 Å². The molecule has 0 aliphatic carbocycles. The number of hydrogen-bond donors (Lipinski definition) is 0. The van der Waals surface area contributed by atoms with Crippen molar-refractivity contribution in [1.29, 1.82) is 0 Å². The number of nitrogens with zero attached hydrogens (tertiary/aromatic N) is 1. The van der Waals surface area contributed by atoms with Gasteiger partial charge in [-0.05, 0) is 30.4 Å². The fourth-order valence-electron chi connectivity index (χ4n) is 2.84. The summed E-state index contributed by atoms with van der Waals surface area (Å²) in [6.07, 6.45) is 0.932. The zero-order chi connectivity index (χ0) is 13.6. The van der Waals surface area contributed by atoms with Crippen molar-refractivity contribution in [3.05, 3.63) is 51.6 Å². The van der Waals surface area contributed by atoms with Crippen LogP contribution in [0.4, 0.5) is 0 Å². The topological polar surface area (TPSA) is 22.0 Å². The van der Waals surface area contributed by atoms with Gasteiger partial charge in [0.2, 0.25) is 0 Å². The number of hydrogen-bond acceptors (Lipinski definition) is 1. The number of benzene rings is 2. The third-order valence-corrected chi connectivity index (χ3v) is 3.82. The summed E-state index contributed by atoms with van der Waals surface area (Å²) in [6.45, 7) is 9.00. The molecule has 1 heterocycles. The first kappa shape index (κ1) is 12.0. The lowest BCUT2D eigenvalue weighted by molar-refractivity contribution is 0.646.